The van der Waals surface area contributed by atoms with Gasteiger partial charge in [0.2, 0.25) is 0 Å². The van der Waals surface area contributed by atoms with E-state index in [9.17, 15) is 0 Å². The number of hydrogen-bond acceptors (Lipinski definition) is 0. The summed E-state index contributed by atoms with van der Waals surface area (Å²) in [6.07, 6.45) is 2.45. The van der Waals surface area contributed by atoms with E-state index < -0.39 is 0 Å². The van der Waals surface area contributed by atoms with E-state index in [0.29, 0.717) is 0 Å². The van der Waals surface area contributed by atoms with E-state index in [2.05, 4.69) is 62.4 Å². The van der Waals surface area contributed by atoms with Crippen molar-refractivity contribution in [3.05, 3.63) is 70.8 Å². The van der Waals surface area contributed by atoms with Crippen LogP contribution in [0.4, 0.5) is 0 Å². The molecule has 3 rings (SSSR count). The Morgan fingerprint density at radius 1 is 0.833 bits per heavy atom. The van der Waals surface area contributed by atoms with Crippen molar-refractivity contribution in [2.75, 3.05) is 0 Å². The van der Waals surface area contributed by atoms with Gasteiger partial charge in [0.1, 0.15) is 0 Å². The van der Waals surface area contributed by atoms with Gasteiger partial charge in [0.05, 0.1) is 0 Å². The normalized spacial score (nSPS) is 21.9. The van der Waals surface area contributed by atoms with Gasteiger partial charge in [-0.2, -0.15) is 0 Å². The van der Waals surface area contributed by atoms with Gasteiger partial charge in [-0.15, -0.1) is 0 Å². The molecule has 0 heterocycles. The van der Waals surface area contributed by atoms with Crippen LogP contribution in [0.3, 0.4) is 0 Å². The molecule has 0 amide bonds. The summed E-state index contributed by atoms with van der Waals surface area (Å²) >= 11 is 0. The molecule has 1 fully saturated rings. The highest BCUT2D eigenvalue weighted by atomic mass is 14.4. The van der Waals surface area contributed by atoms with Crippen molar-refractivity contribution in [3.8, 4) is 0 Å². The fourth-order valence-electron chi connectivity index (χ4n) is 2.75. The number of benzene rings is 2. The molecule has 0 saturated heterocycles. The molecular weight excluding hydrogens is 216 g/mol. The molecule has 1 saturated carbocycles. The number of aryl methyl sites for hydroxylation is 2. The average molecular weight is 236 g/mol. The minimum atomic E-state index is 0.748. The van der Waals surface area contributed by atoms with E-state index in [1.807, 2.05) is 0 Å². The standard InChI is InChI=1S/C18H20/c1-3-14-6-10-16(11-7-14)18-12-17(18)15-8-4-13(2)5-9-15/h4-11,17-18H,3,12H2,1-2H3. The Balaban J connectivity index is 1.74. The molecule has 0 radical (unpaired) electrons. The Morgan fingerprint density at radius 3 is 1.83 bits per heavy atom. The zero-order valence-corrected chi connectivity index (χ0v) is 11.2. The van der Waals surface area contributed by atoms with E-state index in [4.69, 9.17) is 0 Å². The molecule has 0 N–H and O–H groups in total. The lowest BCUT2D eigenvalue weighted by Crippen LogP contribution is -1.86. The summed E-state index contributed by atoms with van der Waals surface area (Å²) in [5.74, 6) is 1.50. The number of rotatable bonds is 3. The van der Waals surface area contributed by atoms with E-state index in [0.717, 1.165) is 18.3 Å². The van der Waals surface area contributed by atoms with Crippen LogP contribution in [0.15, 0.2) is 48.5 Å². The average Bonchev–Trinajstić information content (AvgIpc) is 3.20. The van der Waals surface area contributed by atoms with Crippen LogP contribution in [0, 0.1) is 6.92 Å². The predicted octanol–water partition coefficient (Wildman–Crippen LogP) is 4.83. The Labute approximate surface area is 110 Å². The molecule has 0 spiro atoms. The van der Waals surface area contributed by atoms with Gasteiger partial charge in [0, 0.05) is 0 Å². The summed E-state index contributed by atoms with van der Waals surface area (Å²) < 4.78 is 0. The Hall–Kier alpha value is -1.56. The summed E-state index contributed by atoms with van der Waals surface area (Å²) in [5, 5.41) is 0. The first-order valence-corrected chi connectivity index (χ1v) is 6.93. The van der Waals surface area contributed by atoms with Crippen LogP contribution in [-0.2, 0) is 6.42 Å². The van der Waals surface area contributed by atoms with Gasteiger partial charge in [-0.05, 0) is 48.3 Å². The van der Waals surface area contributed by atoms with E-state index in [1.165, 1.54) is 28.7 Å². The van der Waals surface area contributed by atoms with Crippen molar-refractivity contribution in [3.63, 3.8) is 0 Å². The predicted molar refractivity (Wildman–Crippen MR) is 77.1 cm³/mol. The molecule has 1 aliphatic carbocycles. The van der Waals surface area contributed by atoms with Gasteiger partial charge in [0.15, 0.2) is 0 Å². The summed E-state index contributed by atoms with van der Waals surface area (Å²) in [6.45, 7) is 4.36. The first kappa shape index (κ1) is 11.5. The van der Waals surface area contributed by atoms with Crippen LogP contribution >= 0.6 is 0 Å². The van der Waals surface area contributed by atoms with Gasteiger partial charge < -0.3 is 0 Å². The molecule has 18 heavy (non-hydrogen) atoms. The van der Waals surface area contributed by atoms with E-state index >= 15 is 0 Å². The topological polar surface area (TPSA) is 0 Å². The van der Waals surface area contributed by atoms with Crippen molar-refractivity contribution < 1.29 is 0 Å². The minimum Gasteiger partial charge on any atom is -0.0613 e. The largest absolute Gasteiger partial charge is 0.0613 e. The third kappa shape index (κ3) is 2.20. The van der Waals surface area contributed by atoms with Crippen molar-refractivity contribution in [1.29, 1.82) is 0 Å². The molecule has 2 unspecified atom stereocenters. The van der Waals surface area contributed by atoms with Crippen LogP contribution in [0.1, 0.15) is 47.4 Å². The molecule has 2 atom stereocenters. The highest BCUT2D eigenvalue weighted by molar-refractivity contribution is 5.38. The van der Waals surface area contributed by atoms with Crippen molar-refractivity contribution in [2.24, 2.45) is 0 Å². The highest BCUT2D eigenvalue weighted by Gasteiger charge is 2.39. The van der Waals surface area contributed by atoms with Crippen LogP contribution in [0.5, 0.6) is 0 Å². The van der Waals surface area contributed by atoms with Crippen LogP contribution < -0.4 is 0 Å². The summed E-state index contributed by atoms with van der Waals surface area (Å²) in [6, 6.07) is 18.2. The van der Waals surface area contributed by atoms with Crippen LogP contribution in [-0.4, -0.2) is 0 Å². The zero-order chi connectivity index (χ0) is 12.5. The molecular formula is C18H20. The smallest absolute Gasteiger partial charge is 0.00868 e. The Bertz CT molecular complexity index is 519. The molecule has 2 aromatic rings. The zero-order valence-electron chi connectivity index (χ0n) is 11.2. The fraction of sp³-hybridized carbons (Fsp3) is 0.333. The van der Waals surface area contributed by atoms with Gasteiger partial charge in [-0.25, -0.2) is 0 Å². The fourth-order valence-corrected chi connectivity index (χ4v) is 2.75. The Kier molecular flexibility index (Phi) is 2.95. The summed E-state index contributed by atoms with van der Waals surface area (Å²) in [5.41, 5.74) is 5.80. The SMILES string of the molecule is CCc1ccc(C2CC2c2ccc(C)cc2)cc1. The third-order valence-electron chi connectivity index (χ3n) is 4.11. The van der Waals surface area contributed by atoms with Gasteiger partial charge in [-0.1, -0.05) is 61.0 Å². The van der Waals surface area contributed by atoms with Crippen LogP contribution in [0.2, 0.25) is 0 Å². The number of hydrogen-bond donors (Lipinski definition) is 0. The molecule has 0 aliphatic heterocycles. The Morgan fingerprint density at radius 2 is 1.33 bits per heavy atom. The van der Waals surface area contributed by atoms with Gasteiger partial charge >= 0.3 is 0 Å². The van der Waals surface area contributed by atoms with Crippen LogP contribution in [0.25, 0.3) is 0 Å². The van der Waals surface area contributed by atoms with E-state index in [-0.39, 0.29) is 0 Å². The van der Waals surface area contributed by atoms with Gasteiger partial charge in [0.25, 0.3) is 0 Å². The second-order valence-corrected chi connectivity index (χ2v) is 5.45. The lowest BCUT2D eigenvalue weighted by atomic mass is 10.0. The molecule has 0 bridgehead atoms. The van der Waals surface area contributed by atoms with Crippen molar-refractivity contribution >= 4 is 0 Å². The van der Waals surface area contributed by atoms with Crippen molar-refractivity contribution in [2.45, 2.75) is 38.5 Å². The molecule has 0 nitrogen and oxygen atoms in total. The second kappa shape index (κ2) is 4.61. The lowest BCUT2D eigenvalue weighted by Gasteiger charge is -2.03. The monoisotopic (exact) mass is 236 g/mol. The first-order valence-electron chi connectivity index (χ1n) is 6.93. The molecule has 92 valence electrons. The van der Waals surface area contributed by atoms with Gasteiger partial charge in [-0.3, -0.25) is 0 Å². The van der Waals surface area contributed by atoms with E-state index in [1.54, 1.807) is 0 Å². The molecule has 0 heteroatoms. The third-order valence-corrected chi connectivity index (χ3v) is 4.11. The minimum absolute atomic E-state index is 0.748. The maximum atomic E-state index is 2.32. The van der Waals surface area contributed by atoms with Crippen molar-refractivity contribution in [1.82, 2.24) is 0 Å². The summed E-state index contributed by atoms with van der Waals surface area (Å²) in [7, 11) is 0. The molecule has 0 aromatic heterocycles. The molecule has 2 aromatic carbocycles. The maximum Gasteiger partial charge on any atom is -0.00868 e. The maximum absolute atomic E-state index is 2.32. The lowest BCUT2D eigenvalue weighted by molar-refractivity contribution is 1.02. The molecule has 1 aliphatic rings. The summed E-state index contributed by atoms with van der Waals surface area (Å²) in [4.78, 5) is 0. The highest BCUT2D eigenvalue weighted by Crippen LogP contribution is 2.54. The first-order chi connectivity index (χ1) is 8.78. The quantitative estimate of drug-likeness (QED) is 0.716. The second-order valence-electron chi connectivity index (χ2n) is 5.45.